The van der Waals surface area contributed by atoms with E-state index < -0.39 is 0 Å². The minimum Gasteiger partial charge on any atom is -0.367 e. The smallest absolute Gasteiger partial charge is 0.276 e. The second kappa shape index (κ2) is 5.98. The van der Waals surface area contributed by atoms with E-state index in [4.69, 9.17) is 4.52 Å². The molecule has 1 saturated carbocycles. The summed E-state index contributed by atoms with van der Waals surface area (Å²) in [7, 11) is 0. The Morgan fingerprint density at radius 3 is 2.78 bits per heavy atom. The van der Waals surface area contributed by atoms with E-state index in [-0.39, 0.29) is 5.91 Å². The third kappa shape index (κ3) is 3.18. The maximum atomic E-state index is 12.5. The van der Waals surface area contributed by atoms with E-state index in [1.807, 2.05) is 17.0 Å². The maximum absolute atomic E-state index is 12.5. The largest absolute Gasteiger partial charge is 0.367 e. The number of aromatic nitrogens is 3. The van der Waals surface area contributed by atoms with E-state index in [1.54, 1.807) is 6.20 Å². The standard InChI is InChI=1S/C16H19N5O2/c22-16(13-9-14(23-20-13)11-1-2-11)21-7-4-12(5-8-21)19-15-3-6-17-10-18-15/h3,6,9-12H,1-2,4-5,7-8H2,(H,17,18,19). The van der Waals surface area contributed by atoms with Crippen LogP contribution in [0.25, 0.3) is 0 Å². The zero-order valence-electron chi connectivity index (χ0n) is 12.8. The first kappa shape index (κ1) is 14.2. The molecule has 0 spiro atoms. The van der Waals surface area contributed by atoms with Gasteiger partial charge in [0.25, 0.3) is 5.91 Å². The first-order valence-corrected chi connectivity index (χ1v) is 8.08. The molecule has 0 unspecified atom stereocenters. The number of likely N-dealkylation sites (tertiary alicyclic amines) is 1. The second-order valence-corrected chi connectivity index (χ2v) is 6.19. The van der Waals surface area contributed by atoms with Crippen molar-refractivity contribution >= 4 is 11.7 Å². The van der Waals surface area contributed by atoms with Crippen LogP contribution in [0, 0.1) is 0 Å². The molecule has 2 aliphatic rings. The summed E-state index contributed by atoms with van der Waals surface area (Å²) < 4.78 is 5.28. The van der Waals surface area contributed by atoms with Crippen LogP contribution < -0.4 is 5.32 Å². The molecular weight excluding hydrogens is 294 g/mol. The molecule has 3 heterocycles. The van der Waals surface area contributed by atoms with Gasteiger partial charge < -0.3 is 14.7 Å². The van der Waals surface area contributed by atoms with Crippen LogP contribution in [0.3, 0.4) is 0 Å². The molecule has 0 radical (unpaired) electrons. The predicted octanol–water partition coefficient (Wildman–Crippen LogP) is 2.06. The number of carbonyl (C=O) groups is 1. The van der Waals surface area contributed by atoms with Gasteiger partial charge in [0.1, 0.15) is 17.9 Å². The lowest BCUT2D eigenvalue weighted by Gasteiger charge is -2.32. The van der Waals surface area contributed by atoms with Gasteiger partial charge in [-0.15, -0.1) is 0 Å². The SMILES string of the molecule is O=C(c1cc(C2CC2)on1)N1CCC(Nc2ccncn2)CC1. The van der Waals surface area contributed by atoms with Crippen LogP contribution in [-0.2, 0) is 0 Å². The van der Waals surface area contributed by atoms with Gasteiger partial charge in [-0.3, -0.25) is 4.79 Å². The van der Waals surface area contributed by atoms with Gasteiger partial charge >= 0.3 is 0 Å². The van der Waals surface area contributed by atoms with Crippen LogP contribution in [0.2, 0.25) is 0 Å². The Bertz CT molecular complexity index is 675. The lowest BCUT2D eigenvalue weighted by Crippen LogP contribution is -2.42. The van der Waals surface area contributed by atoms with E-state index >= 15 is 0 Å². The maximum Gasteiger partial charge on any atom is 0.276 e. The van der Waals surface area contributed by atoms with Crippen molar-refractivity contribution in [3.63, 3.8) is 0 Å². The second-order valence-electron chi connectivity index (χ2n) is 6.19. The van der Waals surface area contributed by atoms with Gasteiger partial charge in [0, 0.05) is 37.3 Å². The fourth-order valence-electron chi connectivity index (χ4n) is 2.92. The van der Waals surface area contributed by atoms with E-state index in [1.165, 1.54) is 6.33 Å². The molecule has 0 atom stereocenters. The fraction of sp³-hybridized carbons (Fsp3) is 0.500. The normalized spacial score (nSPS) is 18.9. The van der Waals surface area contributed by atoms with Gasteiger partial charge in [0.2, 0.25) is 0 Å². The quantitative estimate of drug-likeness (QED) is 0.930. The third-order valence-corrected chi connectivity index (χ3v) is 4.44. The van der Waals surface area contributed by atoms with Crippen molar-refractivity contribution in [2.24, 2.45) is 0 Å². The summed E-state index contributed by atoms with van der Waals surface area (Å²) in [4.78, 5) is 22.4. The summed E-state index contributed by atoms with van der Waals surface area (Å²) in [6.07, 6.45) is 7.32. The van der Waals surface area contributed by atoms with Crippen molar-refractivity contribution in [3.05, 3.63) is 36.1 Å². The topological polar surface area (TPSA) is 84.2 Å². The monoisotopic (exact) mass is 313 g/mol. The van der Waals surface area contributed by atoms with Crippen LogP contribution in [0.5, 0.6) is 0 Å². The molecule has 1 N–H and O–H groups in total. The first-order chi connectivity index (χ1) is 11.3. The Balaban J connectivity index is 1.32. The lowest BCUT2D eigenvalue weighted by molar-refractivity contribution is 0.0708. The molecule has 7 heteroatoms. The molecule has 4 rings (SSSR count). The summed E-state index contributed by atoms with van der Waals surface area (Å²) in [6.45, 7) is 1.43. The minimum atomic E-state index is -0.0267. The Kier molecular flexibility index (Phi) is 3.69. The van der Waals surface area contributed by atoms with Gasteiger partial charge in [0.15, 0.2) is 5.69 Å². The zero-order chi connectivity index (χ0) is 15.6. The highest BCUT2D eigenvalue weighted by Gasteiger charge is 2.31. The van der Waals surface area contributed by atoms with Gasteiger partial charge in [-0.1, -0.05) is 5.16 Å². The molecular formula is C16H19N5O2. The first-order valence-electron chi connectivity index (χ1n) is 8.08. The van der Waals surface area contributed by atoms with Crippen LogP contribution in [0.4, 0.5) is 5.82 Å². The Morgan fingerprint density at radius 1 is 1.26 bits per heavy atom. The number of anilines is 1. The van der Waals surface area contributed by atoms with Crippen molar-refractivity contribution in [2.75, 3.05) is 18.4 Å². The van der Waals surface area contributed by atoms with Gasteiger partial charge in [-0.05, 0) is 31.7 Å². The summed E-state index contributed by atoms with van der Waals surface area (Å²) in [5, 5.41) is 7.32. The number of nitrogens with one attached hydrogen (secondary N) is 1. The molecule has 23 heavy (non-hydrogen) atoms. The third-order valence-electron chi connectivity index (χ3n) is 4.44. The summed E-state index contributed by atoms with van der Waals surface area (Å²) in [6, 6.07) is 3.99. The molecule has 1 aliphatic heterocycles. The fourth-order valence-corrected chi connectivity index (χ4v) is 2.92. The summed E-state index contributed by atoms with van der Waals surface area (Å²) in [5.41, 5.74) is 0.439. The molecule has 120 valence electrons. The molecule has 2 aromatic rings. The number of rotatable bonds is 4. The number of hydrogen-bond acceptors (Lipinski definition) is 6. The van der Waals surface area contributed by atoms with Gasteiger partial charge in [-0.25, -0.2) is 9.97 Å². The number of piperidine rings is 1. The van der Waals surface area contributed by atoms with E-state index in [9.17, 15) is 4.79 Å². The van der Waals surface area contributed by atoms with Crippen molar-refractivity contribution in [1.29, 1.82) is 0 Å². The molecule has 0 bridgehead atoms. The average molecular weight is 313 g/mol. The number of nitrogens with zero attached hydrogens (tertiary/aromatic N) is 4. The zero-order valence-corrected chi connectivity index (χ0v) is 12.8. The highest BCUT2D eigenvalue weighted by molar-refractivity contribution is 5.92. The van der Waals surface area contributed by atoms with Crippen LogP contribution in [0.15, 0.2) is 29.2 Å². The van der Waals surface area contributed by atoms with Crippen LogP contribution in [-0.4, -0.2) is 45.1 Å². The molecule has 2 aromatic heterocycles. The molecule has 1 aliphatic carbocycles. The Hall–Kier alpha value is -2.44. The van der Waals surface area contributed by atoms with Gasteiger partial charge in [0.05, 0.1) is 0 Å². The van der Waals surface area contributed by atoms with Gasteiger partial charge in [-0.2, -0.15) is 0 Å². The van der Waals surface area contributed by atoms with E-state index in [0.717, 1.165) is 37.3 Å². The number of hydrogen-bond donors (Lipinski definition) is 1. The predicted molar refractivity (Wildman–Crippen MR) is 83.1 cm³/mol. The summed E-state index contributed by atoms with van der Waals surface area (Å²) in [5.74, 6) is 2.14. The highest BCUT2D eigenvalue weighted by atomic mass is 16.5. The van der Waals surface area contributed by atoms with Crippen LogP contribution in [0.1, 0.15) is 47.8 Å². The van der Waals surface area contributed by atoms with Crippen molar-refractivity contribution in [1.82, 2.24) is 20.0 Å². The van der Waals surface area contributed by atoms with E-state index in [2.05, 4.69) is 20.4 Å². The lowest BCUT2D eigenvalue weighted by atomic mass is 10.0. The Morgan fingerprint density at radius 2 is 2.09 bits per heavy atom. The molecule has 1 amide bonds. The number of carbonyl (C=O) groups excluding carboxylic acids is 1. The van der Waals surface area contributed by atoms with E-state index in [0.29, 0.717) is 30.7 Å². The molecule has 0 aromatic carbocycles. The van der Waals surface area contributed by atoms with Crippen molar-refractivity contribution in [2.45, 2.75) is 37.6 Å². The molecule has 2 fully saturated rings. The average Bonchev–Trinajstić information content (AvgIpc) is 3.33. The Labute approximate surface area is 134 Å². The summed E-state index contributed by atoms with van der Waals surface area (Å²) >= 11 is 0. The van der Waals surface area contributed by atoms with Crippen LogP contribution >= 0.6 is 0 Å². The van der Waals surface area contributed by atoms with Crippen molar-refractivity contribution < 1.29 is 9.32 Å². The minimum absolute atomic E-state index is 0.0267. The molecule has 1 saturated heterocycles. The van der Waals surface area contributed by atoms with Crippen molar-refractivity contribution in [3.8, 4) is 0 Å². The number of amides is 1. The molecule has 7 nitrogen and oxygen atoms in total. The highest BCUT2D eigenvalue weighted by Crippen LogP contribution is 2.40.